The lowest BCUT2D eigenvalue weighted by atomic mass is 10.1. The molecule has 1 saturated heterocycles. The largest absolute Gasteiger partial charge is 0.497 e. The molecule has 138 valence electrons. The van der Waals surface area contributed by atoms with Crippen molar-refractivity contribution in [3.05, 3.63) is 53.6 Å². The highest BCUT2D eigenvalue weighted by Crippen LogP contribution is 2.27. The molecule has 0 saturated carbocycles. The second-order valence-electron chi connectivity index (χ2n) is 6.00. The van der Waals surface area contributed by atoms with Gasteiger partial charge in [-0.05, 0) is 24.3 Å². The number of nitrogens with zero attached hydrogens (tertiary/aromatic N) is 2. The minimum Gasteiger partial charge on any atom is -0.497 e. The molecular formula is C19H20F2N2O3. The second-order valence-corrected chi connectivity index (χ2v) is 6.00. The summed E-state index contributed by atoms with van der Waals surface area (Å²) in [7, 11) is 2.97. The van der Waals surface area contributed by atoms with Gasteiger partial charge < -0.3 is 14.4 Å². The zero-order valence-corrected chi connectivity index (χ0v) is 14.7. The van der Waals surface area contributed by atoms with Gasteiger partial charge in [-0.2, -0.15) is 0 Å². The van der Waals surface area contributed by atoms with E-state index in [1.54, 1.807) is 23.0 Å². The number of amides is 1. The Morgan fingerprint density at radius 2 is 1.88 bits per heavy atom. The summed E-state index contributed by atoms with van der Waals surface area (Å²) in [5, 5.41) is 0. The molecule has 0 spiro atoms. The van der Waals surface area contributed by atoms with Crippen molar-refractivity contribution < 1.29 is 23.0 Å². The Labute approximate surface area is 150 Å². The molecular weight excluding hydrogens is 342 g/mol. The minimum atomic E-state index is -0.938. The first-order chi connectivity index (χ1) is 12.5. The molecule has 5 nitrogen and oxygen atoms in total. The first kappa shape index (κ1) is 18.1. The van der Waals surface area contributed by atoms with E-state index in [1.165, 1.54) is 13.2 Å². The summed E-state index contributed by atoms with van der Waals surface area (Å²) in [6.45, 7) is 1.19. The Kier molecular flexibility index (Phi) is 5.37. The lowest BCUT2D eigenvalue weighted by Gasteiger charge is -2.34. The fourth-order valence-electron chi connectivity index (χ4n) is 3.05. The Balaban J connectivity index is 1.73. The molecule has 7 heteroatoms. The Hall–Kier alpha value is -2.67. The van der Waals surface area contributed by atoms with E-state index in [9.17, 15) is 13.6 Å². The van der Waals surface area contributed by atoms with E-state index in [2.05, 4.69) is 0 Å². The number of anilines is 1. The summed E-state index contributed by atoms with van der Waals surface area (Å²) >= 11 is 0. The van der Waals surface area contributed by atoms with E-state index in [0.717, 1.165) is 11.8 Å². The number of hydrogen-bond donors (Lipinski definition) is 0. The van der Waals surface area contributed by atoms with Crippen LogP contribution in [0, 0.1) is 11.6 Å². The molecule has 0 radical (unpaired) electrons. The number of halogens is 2. The van der Waals surface area contributed by atoms with Gasteiger partial charge in [-0.3, -0.25) is 9.69 Å². The molecule has 0 aliphatic carbocycles. The number of carbonyl (C=O) groups excluding carboxylic acids is 1. The van der Waals surface area contributed by atoms with E-state index in [4.69, 9.17) is 9.47 Å². The summed E-state index contributed by atoms with van der Waals surface area (Å²) in [6, 6.07) is 9.68. The zero-order valence-electron chi connectivity index (χ0n) is 14.7. The smallest absolute Gasteiger partial charge is 0.241 e. The summed E-state index contributed by atoms with van der Waals surface area (Å²) in [5.74, 6) is -1.04. The van der Waals surface area contributed by atoms with Crippen LogP contribution in [0.4, 0.5) is 14.5 Å². The molecule has 2 aromatic carbocycles. The summed E-state index contributed by atoms with van der Waals surface area (Å²) in [4.78, 5) is 16.0. The average molecular weight is 362 g/mol. The molecule has 0 aromatic heterocycles. The lowest BCUT2D eigenvalue weighted by molar-refractivity contribution is -0.121. The van der Waals surface area contributed by atoms with Crippen molar-refractivity contribution in [3.8, 4) is 11.5 Å². The quantitative estimate of drug-likeness (QED) is 0.820. The number of rotatable bonds is 5. The highest BCUT2D eigenvalue weighted by Gasteiger charge is 2.27. The van der Waals surface area contributed by atoms with Crippen LogP contribution in [0.2, 0.25) is 0 Å². The van der Waals surface area contributed by atoms with Crippen molar-refractivity contribution in [3.63, 3.8) is 0 Å². The first-order valence-electron chi connectivity index (χ1n) is 8.21. The molecule has 1 aliphatic heterocycles. The summed E-state index contributed by atoms with van der Waals surface area (Å²) in [5.41, 5.74) is 0.874. The molecule has 0 bridgehead atoms. The summed E-state index contributed by atoms with van der Waals surface area (Å²) < 4.78 is 38.0. The maximum absolute atomic E-state index is 14.1. The van der Waals surface area contributed by atoms with Gasteiger partial charge in [0.1, 0.15) is 11.5 Å². The van der Waals surface area contributed by atoms with E-state index in [-0.39, 0.29) is 30.3 Å². The maximum Gasteiger partial charge on any atom is 0.241 e. The van der Waals surface area contributed by atoms with E-state index in [1.807, 2.05) is 18.2 Å². The van der Waals surface area contributed by atoms with Crippen molar-refractivity contribution in [2.24, 2.45) is 0 Å². The third kappa shape index (κ3) is 3.62. The second kappa shape index (κ2) is 7.70. The lowest BCUT2D eigenvalue weighted by Crippen LogP contribution is -2.50. The van der Waals surface area contributed by atoms with E-state index in [0.29, 0.717) is 18.8 Å². The van der Waals surface area contributed by atoms with Gasteiger partial charge in [-0.25, -0.2) is 8.78 Å². The monoisotopic (exact) mass is 362 g/mol. The molecule has 2 aromatic rings. The van der Waals surface area contributed by atoms with Gasteiger partial charge in [0, 0.05) is 37.0 Å². The maximum atomic E-state index is 14.1. The molecule has 0 N–H and O–H groups in total. The van der Waals surface area contributed by atoms with Crippen LogP contribution in [-0.4, -0.2) is 44.7 Å². The van der Waals surface area contributed by atoms with Crippen LogP contribution in [0.5, 0.6) is 11.5 Å². The summed E-state index contributed by atoms with van der Waals surface area (Å²) in [6.07, 6.45) is 0. The van der Waals surface area contributed by atoms with Crippen LogP contribution in [0.25, 0.3) is 0 Å². The molecule has 26 heavy (non-hydrogen) atoms. The standard InChI is InChI=1S/C19H20F2N2O3/c1-25-14-5-3-4-13(10-14)23-9-8-22(12-18(23)24)11-15-17(26-2)7-6-16(20)19(15)21/h3-7,10H,8-9,11-12H2,1-2H3. The van der Waals surface area contributed by atoms with Gasteiger partial charge in [0.05, 0.1) is 20.8 Å². The average Bonchev–Trinajstić information content (AvgIpc) is 2.66. The van der Waals surface area contributed by atoms with Crippen LogP contribution in [0.3, 0.4) is 0 Å². The minimum absolute atomic E-state index is 0.102. The number of carbonyl (C=O) groups is 1. The fourth-order valence-corrected chi connectivity index (χ4v) is 3.05. The van der Waals surface area contributed by atoms with Crippen molar-refractivity contribution in [1.82, 2.24) is 4.90 Å². The number of piperazine rings is 1. The van der Waals surface area contributed by atoms with Crippen molar-refractivity contribution in [1.29, 1.82) is 0 Å². The van der Waals surface area contributed by atoms with Crippen molar-refractivity contribution >= 4 is 11.6 Å². The molecule has 1 aliphatic rings. The fraction of sp³-hybridized carbons (Fsp3) is 0.316. The Bertz CT molecular complexity index is 813. The van der Waals surface area contributed by atoms with Gasteiger partial charge >= 0.3 is 0 Å². The molecule has 3 rings (SSSR count). The van der Waals surface area contributed by atoms with Gasteiger partial charge in [0.15, 0.2) is 11.6 Å². The number of hydrogen-bond acceptors (Lipinski definition) is 4. The SMILES string of the molecule is COc1cccc(N2CCN(Cc3c(OC)ccc(F)c3F)CC2=O)c1. The van der Waals surface area contributed by atoms with Crippen LogP contribution < -0.4 is 14.4 Å². The Morgan fingerprint density at radius 1 is 1.08 bits per heavy atom. The normalized spacial score (nSPS) is 15.2. The highest BCUT2D eigenvalue weighted by atomic mass is 19.2. The van der Waals surface area contributed by atoms with Crippen LogP contribution in [0.1, 0.15) is 5.56 Å². The zero-order chi connectivity index (χ0) is 18.7. The Morgan fingerprint density at radius 3 is 2.58 bits per heavy atom. The molecule has 1 heterocycles. The number of benzene rings is 2. The predicted octanol–water partition coefficient (Wildman–Crippen LogP) is 2.83. The third-order valence-electron chi connectivity index (χ3n) is 4.42. The number of methoxy groups -OCH3 is 2. The molecule has 1 fully saturated rings. The third-order valence-corrected chi connectivity index (χ3v) is 4.42. The predicted molar refractivity (Wildman–Crippen MR) is 93.5 cm³/mol. The topological polar surface area (TPSA) is 42.0 Å². The van der Waals surface area contributed by atoms with Crippen LogP contribution in [0.15, 0.2) is 36.4 Å². The molecule has 0 atom stereocenters. The molecule has 0 unspecified atom stereocenters. The first-order valence-corrected chi connectivity index (χ1v) is 8.21. The van der Waals surface area contributed by atoms with E-state index < -0.39 is 11.6 Å². The van der Waals surface area contributed by atoms with E-state index >= 15 is 0 Å². The van der Waals surface area contributed by atoms with Crippen molar-refractivity contribution in [2.45, 2.75) is 6.54 Å². The van der Waals surface area contributed by atoms with Crippen molar-refractivity contribution in [2.75, 3.05) is 38.8 Å². The highest BCUT2D eigenvalue weighted by molar-refractivity contribution is 5.95. The molecule has 1 amide bonds. The number of ether oxygens (including phenoxy) is 2. The van der Waals surface area contributed by atoms with Gasteiger partial charge in [0.25, 0.3) is 0 Å². The van der Waals surface area contributed by atoms with Gasteiger partial charge in [0.2, 0.25) is 5.91 Å². The van der Waals surface area contributed by atoms with Crippen LogP contribution in [-0.2, 0) is 11.3 Å². The van der Waals surface area contributed by atoms with Gasteiger partial charge in [-0.1, -0.05) is 6.07 Å². The van der Waals surface area contributed by atoms with Gasteiger partial charge in [-0.15, -0.1) is 0 Å². The van der Waals surface area contributed by atoms with Crippen LogP contribution >= 0.6 is 0 Å².